The molecule has 0 aromatic carbocycles. The van der Waals surface area contributed by atoms with E-state index in [2.05, 4.69) is 15.6 Å². The van der Waals surface area contributed by atoms with Crippen molar-refractivity contribution >= 4 is 0 Å². The molecule has 0 saturated carbocycles. The van der Waals surface area contributed by atoms with Gasteiger partial charge in [0.25, 0.3) is 0 Å². The van der Waals surface area contributed by atoms with E-state index >= 15 is 0 Å². The minimum absolute atomic E-state index is 0.301. The summed E-state index contributed by atoms with van der Waals surface area (Å²) in [5.41, 5.74) is 2.52. The molecular weight excluding hydrogens is 158 g/mol. The number of hydrogen-bond acceptors (Lipinski definition) is 5. The van der Waals surface area contributed by atoms with Crippen LogP contribution in [-0.4, -0.2) is 28.4 Å². The summed E-state index contributed by atoms with van der Waals surface area (Å²) in [5.74, 6) is 0.301. The van der Waals surface area contributed by atoms with Gasteiger partial charge in [0.1, 0.15) is 12.4 Å². The second-order valence-electron chi connectivity index (χ2n) is 1.97. The molecule has 1 heterocycles. The lowest BCUT2D eigenvalue weighted by Gasteiger charge is -2.01. The second kappa shape index (κ2) is 4.43. The van der Waals surface area contributed by atoms with Crippen molar-refractivity contribution in [3.63, 3.8) is 0 Å². The zero-order chi connectivity index (χ0) is 8.81. The van der Waals surface area contributed by atoms with E-state index in [9.17, 15) is 0 Å². The Balaban J connectivity index is 2.46. The largest absolute Gasteiger partial charge is 0.300 e. The highest BCUT2D eigenvalue weighted by atomic mass is 16.6. The van der Waals surface area contributed by atoms with Gasteiger partial charge < -0.3 is 4.84 Å². The smallest absolute Gasteiger partial charge is 0.230 e. The maximum absolute atomic E-state index is 8.53. The molecule has 12 heavy (non-hydrogen) atoms. The van der Waals surface area contributed by atoms with Crippen LogP contribution in [0.5, 0.6) is 0 Å². The van der Waals surface area contributed by atoms with Crippen LogP contribution in [0.4, 0.5) is 0 Å². The van der Waals surface area contributed by atoms with E-state index in [-0.39, 0.29) is 0 Å². The Morgan fingerprint density at radius 3 is 3.33 bits per heavy atom. The molecule has 0 aliphatic carbocycles. The maximum Gasteiger partial charge on any atom is 0.230 e. The third kappa shape index (κ3) is 2.02. The Morgan fingerprint density at radius 1 is 1.83 bits per heavy atom. The third-order valence-corrected chi connectivity index (χ3v) is 1.27. The number of aromatic nitrogens is 3. The van der Waals surface area contributed by atoms with E-state index < -0.39 is 0 Å². The SMILES string of the molecule is CNOCCn1ncnc1C#N. The minimum atomic E-state index is 0.301. The highest BCUT2D eigenvalue weighted by Gasteiger charge is 2.00. The van der Waals surface area contributed by atoms with Crippen LogP contribution in [-0.2, 0) is 11.4 Å². The van der Waals surface area contributed by atoms with Crippen LogP contribution in [0.25, 0.3) is 0 Å². The van der Waals surface area contributed by atoms with Gasteiger partial charge in [0.15, 0.2) is 0 Å². The Labute approximate surface area is 69.7 Å². The van der Waals surface area contributed by atoms with Crippen LogP contribution < -0.4 is 5.48 Å². The molecule has 0 spiro atoms. The van der Waals surface area contributed by atoms with Crippen molar-refractivity contribution in [2.24, 2.45) is 0 Å². The predicted molar refractivity (Wildman–Crippen MR) is 39.7 cm³/mol. The van der Waals surface area contributed by atoms with Gasteiger partial charge in [0, 0.05) is 7.05 Å². The number of rotatable bonds is 4. The molecule has 0 amide bonds. The molecule has 1 N–H and O–H groups in total. The highest BCUT2D eigenvalue weighted by Crippen LogP contribution is 1.90. The van der Waals surface area contributed by atoms with Gasteiger partial charge in [-0.05, 0) is 0 Å². The molecule has 0 aliphatic rings. The van der Waals surface area contributed by atoms with Crippen molar-refractivity contribution < 1.29 is 4.84 Å². The molecule has 0 bridgehead atoms. The van der Waals surface area contributed by atoms with Crippen molar-refractivity contribution in [3.05, 3.63) is 12.2 Å². The second-order valence-corrected chi connectivity index (χ2v) is 1.97. The van der Waals surface area contributed by atoms with E-state index in [0.29, 0.717) is 19.0 Å². The van der Waals surface area contributed by atoms with Gasteiger partial charge in [-0.1, -0.05) is 0 Å². The lowest BCUT2D eigenvalue weighted by molar-refractivity contribution is 0.0504. The molecule has 0 radical (unpaired) electrons. The van der Waals surface area contributed by atoms with E-state index in [1.165, 1.54) is 11.0 Å². The zero-order valence-electron chi connectivity index (χ0n) is 6.69. The van der Waals surface area contributed by atoms with Crippen molar-refractivity contribution in [2.75, 3.05) is 13.7 Å². The van der Waals surface area contributed by atoms with Gasteiger partial charge in [-0.25, -0.2) is 15.1 Å². The molecule has 1 aromatic rings. The van der Waals surface area contributed by atoms with Gasteiger partial charge in [-0.15, -0.1) is 0 Å². The molecule has 0 atom stereocenters. The summed E-state index contributed by atoms with van der Waals surface area (Å²) >= 11 is 0. The van der Waals surface area contributed by atoms with E-state index in [0.717, 1.165) is 0 Å². The normalized spacial score (nSPS) is 9.67. The van der Waals surface area contributed by atoms with Crippen LogP contribution in [0.15, 0.2) is 6.33 Å². The van der Waals surface area contributed by atoms with Crippen LogP contribution in [0.2, 0.25) is 0 Å². The van der Waals surface area contributed by atoms with Gasteiger partial charge in [0.2, 0.25) is 5.82 Å². The Hall–Kier alpha value is -1.45. The van der Waals surface area contributed by atoms with Crippen LogP contribution in [0.3, 0.4) is 0 Å². The molecule has 1 aromatic heterocycles. The first-order chi connectivity index (χ1) is 5.88. The molecule has 0 unspecified atom stereocenters. The molecule has 1 rings (SSSR count). The van der Waals surface area contributed by atoms with Gasteiger partial charge in [-0.2, -0.15) is 10.4 Å². The average Bonchev–Trinajstić information content (AvgIpc) is 2.52. The number of hydroxylamine groups is 1. The molecule has 0 saturated heterocycles. The summed E-state index contributed by atoms with van der Waals surface area (Å²) in [4.78, 5) is 8.59. The van der Waals surface area contributed by atoms with Crippen molar-refractivity contribution in [1.82, 2.24) is 20.2 Å². The summed E-state index contributed by atoms with van der Waals surface area (Å²) in [6.07, 6.45) is 1.35. The summed E-state index contributed by atoms with van der Waals surface area (Å²) in [6, 6.07) is 1.92. The Kier molecular flexibility index (Phi) is 3.19. The van der Waals surface area contributed by atoms with Crippen molar-refractivity contribution in [3.8, 4) is 6.07 Å². The monoisotopic (exact) mass is 167 g/mol. The summed E-state index contributed by atoms with van der Waals surface area (Å²) < 4.78 is 1.48. The molecule has 6 nitrogen and oxygen atoms in total. The molecular formula is C6H9N5O. The molecule has 6 heteroatoms. The first-order valence-electron chi connectivity index (χ1n) is 3.45. The first-order valence-corrected chi connectivity index (χ1v) is 3.45. The highest BCUT2D eigenvalue weighted by molar-refractivity contribution is 5.07. The summed E-state index contributed by atoms with van der Waals surface area (Å²) in [5, 5.41) is 12.4. The Bertz CT molecular complexity index is 276. The topological polar surface area (TPSA) is 75.8 Å². The summed E-state index contributed by atoms with van der Waals surface area (Å²) in [7, 11) is 1.67. The predicted octanol–water partition coefficient (Wildman–Crippen LogP) is -0.699. The fourth-order valence-corrected chi connectivity index (χ4v) is 0.749. The Morgan fingerprint density at radius 2 is 2.67 bits per heavy atom. The van der Waals surface area contributed by atoms with Gasteiger partial charge >= 0.3 is 0 Å². The standard InChI is InChI=1S/C6H9N5O/c1-8-12-3-2-11-6(4-7)9-5-10-11/h5,8H,2-3H2,1H3. The lowest BCUT2D eigenvalue weighted by atomic mass is 10.6. The lowest BCUT2D eigenvalue weighted by Crippen LogP contribution is -2.15. The first kappa shape index (κ1) is 8.64. The van der Waals surface area contributed by atoms with Crippen molar-refractivity contribution in [1.29, 1.82) is 5.26 Å². The maximum atomic E-state index is 8.53. The van der Waals surface area contributed by atoms with Crippen LogP contribution >= 0.6 is 0 Å². The summed E-state index contributed by atoms with van der Waals surface area (Å²) in [6.45, 7) is 0.971. The van der Waals surface area contributed by atoms with Crippen LogP contribution in [0, 0.1) is 11.3 Å². The third-order valence-electron chi connectivity index (χ3n) is 1.27. The quantitative estimate of drug-likeness (QED) is 0.474. The number of nitrogens with zero attached hydrogens (tertiary/aromatic N) is 4. The van der Waals surface area contributed by atoms with Crippen LogP contribution in [0.1, 0.15) is 5.82 Å². The van der Waals surface area contributed by atoms with Crippen molar-refractivity contribution in [2.45, 2.75) is 6.54 Å². The fraction of sp³-hybridized carbons (Fsp3) is 0.500. The molecule has 64 valence electrons. The van der Waals surface area contributed by atoms with E-state index in [4.69, 9.17) is 10.1 Å². The van der Waals surface area contributed by atoms with E-state index in [1.807, 2.05) is 6.07 Å². The number of nitrogens with one attached hydrogen (secondary N) is 1. The number of hydrogen-bond donors (Lipinski definition) is 1. The zero-order valence-corrected chi connectivity index (χ0v) is 6.69. The molecule has 0 aliphatic heterocycles. The number of nitriles is 1. The average molecular weight is 167 g/mol. The van der Waals surface area contributed by atoms with Gasteiger partial charge in [0.05, 0.1) is 13.2 Å². The van der Waals surface area contributed by atoms with E-state index in [1.54, 1.807) is 7.05 Å². The van der Waals surface area contributed by atoms with Gasteiger partial charge in [-0.3, -0.25) is 0 Å². The minimum Gasteiger partial charge on any atom is -0.300 e. The fourth-order valence-electron chi connectivity index (χ4n) is 0.749. The molecule has 0 fully saturated rings.